The van der Waals surface area contributed by atoms with Crippen molar-refractivity contribution in [3.8, 4) is 0 Å². The number of hydrogen-bond donors (Lipinski definition) is 0. The Kier molecular flexibility index (Phi) is 5.36. The van der Waals surface area contributed by atoms with Crippen molar-refractivity contribution in [2.45, 2.75) is 53.9 Å². The first-order valence-electron chi connectivity index (χ1n) is 7.19. The summed E-state index contributed by atoms with van der Waals surface area (Å²) in [5.41, 5.74) is 0. The van der Waals surface area contributed by atoms with E-state index in [4.69, 9.17) is 4.74 Å². The van der Waals surface area contributed by atoms with Gasteiger partial charge >= 0.3 is 11.9 Å². The van der Waals surface area contributed by atoms with E-state index in [1.54, 1.807) is 0 Å². The number of hydrogen-bond acceptors (Lipinski definition) is 3. The number of ether oxygens (including phenoxy) is 1. The molecule has 0 N–H and O–H groups in total. The first kappa shape index (κ1) is 15.2. The number of carbonyl (C=O) groups is 2. The van der Waals surface area contributed by atoms with Crippen molar-refractivity contribution < 1.29 is 14.3 Å². The fourth-order valence-electron chi connectivity index (χ4n) is 3.02. The lowest BCUT2D eigenvalue weighted by Gasteiger charge is -2.28. The molecule has 0 radical (unpaired) electrons. The number of carbonyl (C=O) groups excluding carboxylic acids is 2. The van der Waals surface area contributed by atoms with Crippen LogP contribution in [0.25, 0.3) is 0 Å². The molecule has 0 aliphatic carbocycles. The zero-order valence-electron chi connectivity index (χ0n) is 12.2. The van der Waals surface area contributed by atoms with Crippen LogP contribution in [0, 0.1) is 29.6 Å². The summed E-state index contributed by atoms with van der Waals surface area (Å²) in [7, 11) is 0. The number of cyclic esters (lactones) is 2. The SMILES string of the molecule is CCCC(C)C1C(=O)OC(=O)C1C(C)C(C)CC. The molecule has 0 bridgehead atoms. The summed E-state index contributed by atoms with van der Waals surface area (Å²) >= 11 is 0. The van der Waals surface area contributed by atoms with Crippen LogP contribution in [0.4, 0.5) is 0 Å². The van der Waals surface area contributed by atoms with Crippen LogP contribution < -0.4 is 0 Å². The van der Waals surface area contributed by atoms with Crippen molar-refractivity contribution in [1.82, 2.24) is 0 Å². The van der Waals surface area contributed by atoms with Gasteiger partial charge in [0.1, 0.15) is 0 Å². The largest absolute Gasteiger partial charge is 0.393 e. The van der Waals surface area contributed by atoms with Crippen molar-refractivity contribution in [1.29, 1.82) is 0 Å². The fraction of sp³-hybridized carbons (Fsp3) is 0.867. The maximum atomic E-state index is 11.9. The standard InChI is InChI=1S/C15H26O3/c1-6-8-10(4)12-13(11(5)9(3)7-2)15(17)18-14(12)16/h9-13H,6-8H2,1-5H3. The van der Waals surface area contributed by atoms with E-state index in [0.29, 0.717) is 5.92 Å². The van der Waals surface area contributed by atoms with Crippen LogP contribution in [0.5, 0.6) is 0 Å². The predicted molar refractivity (Wildman–Crippen MR) is 70.8 cm³/mol. The van der Waals surface area contributed by atoms with Gasteiger partial charge in [-0.2, -0.15) is 0 Å². The molecule has 3 nitrogen and oxygen atoms in total. The minimum absolute atomic E-state index is 0.207. The molecule has 104 valence electrons. The molecule has 1 aliphatic heterocycles. The van der Waals surface area contributed by atoms with Crippen LogP contribution >= 0.6 is 0 Å². The molecule has 1 fully saturated rings. The zero-order valence-corrected chi connectivity index (χ0v) is 12.2. The molecular formula is C15H26O3. The molecule has 5 atom stereocenters. The molecule has 1 heterocycles. The molecule has 0 aromatic heterocycles. The van der Waals surface area contributed by atoms with Gasteiger partial charge in [0.15, 0.2) is 0 Å². The molecule has 0 saturated carbocycles. The molecule has 18 heavy (non-hydrogen) atoms. The third kappa shape index (κ3) is 2.93. The number of rotatable bonds is 6. The van der Waals surface area contributed by atoms with E-state index in [1.807, 2.05) is 0 Å². The Labute approximate surface area is 110 Å². The van der Waals surface area contributed by atoms with Crippen molar-refractivity contribution >= 4 is 11.9 Å². The van der Waals surface area contributed by atoms with Crippen molar-refractivity contribution in [3.63, 3.8) is 0 Å². The van der Waals surface area contributed by atoms with Gasteiger partial charge in [-0.15, -0.1) is 0 Å². The van der Waals surface area contributed by atoms with Crippen LogP contribution in [0.2, 0.25) is 0 Å². The monoisotopic (exact) mass is 254 g/mol. The van der Waals surface area contributed by atoms with Crippen molar-refractivity contribution in [3.05, 3.63) is 0 Å². The molecular weight excluding hydrogens is 228 g/mol. The third-order valence-corrected chi connectivity index (χ3v) is 4.60. The van der Waals surface area contributed by atoms with E-state index in [1.165, 1.54) is 0 Å². The maximum absolute atomic E-state index is 11.9. The van der Waals surface area contributed by atoms with Gasteiger partial charge in [-0.3, -0.25) is 9.59 Å². The van der Waals surface area contributed by atoms with E-state index in [-0.39, 0.29) is 35.6 Å². The van der Waals surface area contributed by atoms with Gasteiger partial charge in [0, 0.05) is 0 Å². The predicted octanol–water partition coefficient (Wildman–Crippen LogP) is 3.42. The van der Waals surface area contributed by atoms with E-state index < -0.39 is 0 Å². The Bertz CT molecular complexity index is 311. The van der Waals surface area contributed by atoms with Crippen molar-refractivity contribution in [2.75, 3.05) is 0 Å². The van der Waals surface area contributed by atoms with Crippen LogP contribution in [0.3, 0.4) is 0 Å². The molecule has 1 aliphatic rings. The zero-order chi connectivity index (χ0) is 13.9. The molecule has 0 spiro atoms. The Morgan fingerprint density at radius 2 is 1.61 bits per heavy atom. The maximum Gasteiger partial charge on any atom is 0.317 e. The summed E-state index contributed by atoms with van der Waals surface area (Å²) in [6, 6.07) is 0. The van der Waals surface area contributed by atoms with E-state index in [0.717, 1.165) is 19.3 Å². The minimum atomic E-state index is -0.305. The molecule has 5 unspecified atom stereocenters. The van der Waals surface area contributed by atoms with E-state index >= 15 is 0 Å². The minimum Gasteiger partial charge on any atom is -0.393 e. The van der Waals surface area contributed by atoms with Gasteiger partial charge in [-0.25, -0.2) is 0 Å². The molecule has 3 heteroatoms. The highest BCUT2D eigenvalue weighted by molar-refractivity contribution is 5.96. The summed E-state index contributed by atoms with van der Waals surface area (Å²) in [4.78, 5) is 23.8. The highest BCUT2D eigenvalue weighted by atomic mass is 16.6. The molecule has 0 amide bonds. The first-order valence-corrected chi connectivity index (χ1v) is 7.19. The lowest BCUT2D eigenvalue weighted by atomic mass is 9.72. The van der Waals surface area contributed by atoms with Gasteiger partial charge in [0.05, 0.1) is 11.8 Å². The fourth-order valence-corrected chi connectivity index (χ4v) is 3.02. The van der Waals surface area contributed by atoms with Gasteiger partial charge < -0.3 is 4.74 Å². The smallest absolute Gasteiger partial charge is 0.317 e. The van der Waals surface area contributed by atoms with Crippen LogP contribution in [0.15, 0.2) is 0 Å². The Hall–Kier alpha value is -0.860. The van der Waals surface area contributed by atoms with E-state index in [9.17, 15) is 9.59 Å². The second kappa shape index (κ2) is 6.35. The second-order valence-electron chi connectivity index (χ2n) is 5.80. The van der Waals surface area contributed by atoms with Gasteiger partial charge in [-0.05, 0) is 17.8 Å². The first-order chi connectivity index (χ1) is 8.43. The third-order valence-electron chi connectivity index (χ3n) is 4.60. The molecule has 1 rings (SSSR count). The van der Waals surface area contributed by atoms with Crippen LogP contribution in [0.1, 0.15) is 53.9 Å². The molecule has 1 saturated heterocycles. The van der Waals surface area contributed by atoms with Gasteiger partial charge in [0.2, 0.25) is 0 Å². The summed E-state index contributed by atoms with van der Waals surface area (Å²) in [6.07, 6.45) is 3.02. The average Bonchev–Trinajstić information content (AvgIpc) is 2.62. The summed E-state index contributed by atoms with van der Waals surface area (Å²) in [5, 5.41) is 0. The summed E-state index contributed by atoms with van der Waals surface area (Å²) in [5.74, 6) is -0.217. The molecule has 0 aromatic carbocycles. The second-order valence-corrected chi connectivity index (χ2v) is 5.80. The Balaban J connectivity index is 2.90. The molecule has 0 aromatic rings. The van der Waals surface area contributed by atoms with Crippen LogP contribution in [-0.2, 0) is 14.3 Å². The van der Waals surface area contributed by atoms with Gasteiger partial charge in [0.25, 0.3) is 0 Å². The highest BCUT2D eigenvalue weighted by Crippen LogP contribution is 2.40. The Morgan fingerprint density at radius 3 is 2.11 bits per heavy atom. The van der Waals surface area contributed by atoms with E-state index in [2.05, 4.69) is 34.6 Å². The normalized spacial score (nSPS) is 28.9. The lowest BCUT2D eigenvalue weighted by molar-refractivity contribution is -0.154. The lowest BCUT2D eigenvalue weighted by Crippen LogP contribution is -2.32. The highest BCUT2D eigenvalue weighted by Gasteiger charge is 2.49. The Morgan fingerprint density at radius 1 is 1.06 bits per heavy atom. The van der Waals surface area contributed by atoms with Crippen molar-refractivity contribution in [2.24, 2.45) is 29.6 Å². The van der Waals surface area contributed by atoms with Gasteiger partial charge in [-0.1, -0.05) is 53.9 Å². The summed E-state index contributed by atoms with van der Waals surface area (Å²) < 4.78 is 4.89. The quantitative estimate of drug-likeness (QED) is 0.539. The average molecular weight is 254 g/mol. The summed E-state index contributed by atoms with van der Waals surface area (Å²) in [6.45, 7) is 10.5. The number of esters is 2. The topological polar surface area (TPSA) is 43.4 Å². The van der Waals surface area contributed by atoms with Crippen LogP contribution in [-0.4, -0.2) is 11.9 Å².